The molecule has 0 saturated carbocycles. The Balaban J connectivity index is 0.000000980. The highest BCUT2D eigenvalue weighted by molar-refractivity contribution is 5.81. The summed E-state index contributed by atoms with van der Waals surface area (Å²) in [6.07, 6.45) is 1.92. The van der Waals surface area contributed by atoms with Crippen LogP contribution in [-0.2, 0) is 11.2 Å². The first-order chi connectivity index (χ1) is 6.25. The summed E-state index contributed by atoms with van der Waals surface area (Å²) in [5, 5.41) is 9.69. The van der Waals surface area contributed by atoms with E-state index in [9.17, 15) is 4.79 Å². The second-order valence-corrected chi connectivity index (χ2v) is 2.97. The van der Waals surface area contributed by atoms with Crippen LogP contribution in [0.3, 0.4) is 0 Å². The van der Waals surface area contributed by atoms with E-state index in [1.165, 1.54) is 0 Å². The van der Waals surface area contributed by atoms with Crippen LogP contribution in [0.1, 0.15) is 5.56 Å². The van der Waals surface area contributed by atoms with Crippen molar-refractivity contribution in [3.05, 3.63) is 36.0 Å². The van der Waals surface area contributed by atoms with Crippen LogP contribution < -0.4 is 0 Å². The molecule has 4 heteroatoms. The molecular weight excluding hydrogens is 182 g/mol. The van der Waals surface area contributed by atoms with E-state index in [-0.39, 0.29) is 11.9 Å². The van der Waals surface area contributed by atoms with Gasteiger partial charge < -0.3 is 15.6 Å². The van der Waals surface area contributed by atoms with Crippen LogP contribution >= 0.6 is 0 Å². The Morgan fingerprint density at radius 1 is 1.36 bits per heavy atom. The minimum Gasteiger partial charge on any atom is -0.481 e. The highest BCUT2D eigenvalue weighted by atomic mass is 16.4. The molecule has 2 rings (SSSR count). The molecule has 2 aromatic rings. The van der Waals surface area contributed by atoms with Crippen molar-refractivity contribution >= 4 is 16.9 Å². The summed E-state index contributed by atoms with van der Waals surface area (Å²) in [5.41, 5.74) is 1.81. The molecule has 1 heterocycles. The Morgan fingerprint density at radius 3 is 2.86 bits per heavy atom. The van der Waals surface area contributed by atoms with Gasteiger partial charge in [0.2, 0.25) is 0 Å². The molecule has 0 fully saturated rings. The molecule has 1 aromatic heterocycles. The standard InChI is InChI=1S/C10H9NO2.H2O/c12-10(13)6-7-1-2-8-3-4-11-9(8)5-7;/h1-5,11H,6H2,(H,12,13);1H2. The average Bonchev–Trinajstić information content (AvgIpc) is 2.49. The minimum atomic E-state index is -0.800. The number of aromatic nitrogens is 1. The van der Waals surface area contributed by atoms with Crippen molar-refractivity contribution in [1.82, 2.24) is 4.98 Å². The SMILES string of the molecule is O.O=C(O)Cc1ccc2cc[nH]c2c1. The number of fused-ring (bicyclic) bond motifs is 1. The second kappa shape index (κ2) is 3.93. The van der Waals surface area contributed by atoms with E-state index in [2.05, 4.69) is 4.98 Å². The second-order valence-electron chi connectivity index (χ2n) is 2.97. The zero-order valence-corrected chi connectivity index (χ0v) is 7.45. The maximum Gasteiger partial charge on any atom is 0.307 e. The summed E-state index contributed by atoms with van der Waals surface area (Å²) < 4.78 is 0. The number of carboxylic acids is 1. The Labute approximate surface area is 80.5 Å². The molecule has 0 bridgehead atoms. The van der Waals surface area contributed by atoms with E-state index in [1.807, 2.05) is 30.5 Å². The number of hydrogen-bond acceptors (Lipinski definition) is 1. The predicted octanol–water partition coefficient (Wildman–Crippen LogP) is 0.970. The first-order valence-corrected chi connectivity index (χ1v) is 4.03. The first-order valence-electron chi connectivity index (χ1n) is 4.03. The first kappa shape index (κ1) is 10.3. The molecule has 74 valence electrons. The molecular formula is C10H11NO3. The third-order valence-electron chi connectivity index (χ3n) is 1.97. The van der Waals surface area contributed by atoms with Crippen molar-refractivity contribution in [2.75, 3.05) is 0 Å². The number of nitrogens with one attached hydrogen (secondary N) is 1. The summed E-state index contributed by atoms with van der Waals surface area (Å²) in [4.78, 5) is 13.5. The fraction of sp³-hybridized carbons (Fsp3) is 0.100. The molecule has 4 nitrogen and oxygen atoms in total. The van der Waals surface area contributed by atoms with Gasteiger partial charge in [-0.1, -0.05) is 12.1 Å². The average molecular weight is 193 g/mol. The fourth-order valence-electron chi connectivity index (χ4n) is 1.38. The van der Waals surface area contributed by atoms with Gasteiger partial charge in [0.1, 0.15) is 0 Å². The lowest BCUT2D eigenvalue weighted by molar-refractivity contribution is -0.136. The van der Waals surface area contributed by atoms with Crippen LogP contribution in [0.15, 0.2) is 30.5 Å². The smallest absolute Gasteiger partial charge is 0.307 e. The number of aliphatic carboxylic acids is 1. The van der Waals surface area contributed by atoms with E-state index in [0.717, 1.165) is 16.5 Å². The third-order valence-corrected chi connectivity index (χ3v) is 1.97. The van der Waals surface area contributed by atoms with Gasteiger partial charge in [-0.25, -0.2) is 0 Å². The lowest BCUT2D eigenvalue weighted by Crippen LogP contribution is -1.99. The van der Waals surface area contributed by atoms with E-state index in [1.54, 1.807) is 0 Å². The number of benzene rings is 1. The predicted molar refractivity (Wildman–Crippen MR) is 53.3 cm³/mol. The number of hydrogen-bond donors (Lipinski definition) is 2. The molecule has 0 amide bonds. The van der Waals surface area contributed by atoms with Crippen LogP contribution in [-0.4, -0.2) is 21.5 Å². The fourth-order valence-corrected chi connectivity index (χ4v) is 1.38. The normalized spacial score (nSPS) is 9.71. The van der Waals surface area contributed by atoms with Crippen molar-refractivity contribution in [3.8, 4) is 0 Å². The summed E-state index contributed by atoms with van der Waals surface area (Å²) in [7, 11) is 0. The van der Waals surface area contributed by atoms with Gasteiger partial charge in [-0.05, 0) is 23.1 Å². The number of aromatic amines is 1. The summed E-state index contributed by atoms with van der Waals surface area (Å²) in [5.74, 6) is -0.800. The van der Waals surface area contributed by atoms with Gasteiger partial charge in [0.15, 0.2) is 0 Å². The lowest BCUT2D eigenvalue weighted by Gasteiger charge is -1.96. The third kappa shape index (κ3) is 1.92. The highest BCUT2D eigenvalue weighted by Gasteiger charge is 2.01. The maximum absolute atomic E-state index is 10.4. The van der Waals surface area contributed by atoms with Gasteiger partial charge in [0, 0.05) is 11.7 Å². The topological polar surface area (TPSA) is 84.6 Å². The van der Waals surface area contributed by atoms with E-state index in [0.29, 0.717) is 0 Å². The van der Waals surface area contributed by atoms with E-state index >= 15 is 0 Å². The minimum absolute atomic E-state index is 0. The van der Waals surface area contributed by atoms with E-state index < -0.39 is 5.97 Å². The summed E-state index contributed by atoms with van der Waals surface area (Å²) >= 11 is 0. The Bertz CT molecular complexity index is 447. The van der Waals surface area contributed by atoms with Gasteiger partial charge in [0.05, 0.1) is 6.42 Å². The van der Waals surface area contributed by atoms with Crippen molar-refractivity contribution < 1.29 is 15.4 Å². The number of rotatable bonds is 2. The molecule has 0 aliphatic heterocycles. The number of carbonyl (C=O) groups is 1. The van der Waals surface area contributed by atoms with Gasteiger partial charge >= 0.3 is 5.97 Å². The number of H-pyrrole nitrogens is 1. The van der Waals surface area contributed by atoms with Crippen molar-refractivity contribution in [2.24, 2.45) is 0 Å². The van der Waals surface area contributed by atoms with Gasteiger partial charge in [0.25, 0.3) is 0 Å². The van der Waals surface area contributed by atoms with Crippen LogP contribution in [0, 0.1) is 0 Å². The zero-order valence-electron chi connectivity index (χ0n) is 7.45. The number of carboxylic acid groups (broad SMARTS) is 1. The maximum atomic E-state index is 10.4. The zero-order chi connectivity index (χ0) is 9.26. The Morgan fingerprint density at radius 2 is 2.14 bits per heavy atom. The Hall–Kier alpha value is -1.81. The molecule has 0 unspecified atom stereocenters. The molecule has 0 atom stereocenters. The van der Waals surface area contributed by atoms with E-state index in [4.69, 9.17) is 5.11 Å². The van der Waals surface area contributed by atoms with Crippen LogP contribution in [0.5, 0.6) is 0 Å². The monoisotopic (exact) mass is 193 g/mol. The van der Waals surface area contributed by atoms with Gasteiger partial charge in [-0.2, -0.15) is 0 Å². The van der Waals surface area contributed by atoms with Crippen molar-refractivity contribution in [3.63, 3.8) is 0 Å². The summed E-state index contributed by atoms with van der Waals surface area (Å²) in [6, 6.07) is 7.58. The lowest BCUT2D eigenvalue weighted by atomic mass is 10.1. The molecule has 0 spiro atoms. The van der Waals surface area contributed by atoms with Crippen molar-refractivity contribution in [2.45, 2.75) is 6.42 Å². The quantitative estimate of drug-likeness (QED) is 0.744. The van der Waals surface area contributed by atoms with Gasteiger partial charge in [-0.3, -0.25) is 4.79 Å². The van der Waals surface area contributed by atoms with Crippen molar-refractivity contribution in [1.29, 1.82) is 0 Å². The molecule has 4 N–H and O–H groups in total. The Kier molecular flexibility index (Phi) is 2.89. The van der Waals surface area contributed by atoms with Crippen LogP contribution in [0.4, 0.5) is 0 Å². The molecule has 0 aliphatic rings. The molecule has 1 aromatic carbocycles. The van der Waals surface area contributed by atoms with Crippen LogP contribution in [0.25, 0.3) is 10.9 Å². The van der Waals surface area contributed by atoms with Crippen LogP contribution in [0.2, 0.25) is 0 Å². The molecule has 0 aliphatic carbocycles. The largest absolute Gasteiger partial charge is 0.481 e. The molecule has 0 radical (unpaired) electrons. The molecule has 14 heavy (non-hydrogen) atoms. The van der Waals surface area contributed by atoms with Gasteiger partial charge in [-0.15, -0.1) is 0 Å². The highest BCUT2D eigenvalue weighted by Crippen LogP contribution is 2.14. The molecule has 0 saturated heterocycles. The summed E-state index contributed by atoms with van der Waals surface area (Å²) in [6.45, 7) is 0.